The maximum Gasteiger partial charge on any atom is 0.261 e. The molecular weight excluding hydrogens is 396 g/mol. The lowest BCUT2D eigenvalue weighted by atomic mass is 10.1. The number of aryl methyl sites for hydroxylation is 1. The van der Waals surface area contributed by atoms with Crippen LogP contribution in [0.25, 0.3) is 12.2 Å². The molecule has 0 fully saturated rings. The quantitative estimate of drug-likeness (QED) is 0.627. The Morgan fingerprint density at radius 3 is 2.29 bits per heavy atom. The Morgan fingerprint density at radius 1 is 0.964 bits per heavy atom. The fourth-order valence-corrected chi connectivity index (χ4v) is 3.74. The molecule has 5 nitrogen and oxygen atoms in total. The SMILES string of the molecule is COc1ccc(S(=O)(=O)Nc2c(C)cccc2/C=C/c2ccncc2)cc1.Cl. The van der Waals surface area contributed by atoms with Gasteiger partial charge in [-0.1, -0.05) is 30.4 Å². The maximum absolute atomic E-state index is 12.8. The van der Waals surface area contributed by atoms with Crippen molar-refractivity contribution in [2.24, 2.45) is 0 Å². The fourth-order valence-electron chi connectivity index (χ4n) is 2.58. The molecule has 1 N–H and O–H groups in total. The van der Waals surface area contributed by atoms with E-state index in [4.69, 9.17) is 4.74 Å². The van der Waals surface area contributed by atoms with Crippen molar-refractivity contribution in [3.05, 3.63) is 83.7 Å². The summed E-state index contributed by atoms with van der Waals surface area (Å²) in [5, 5.41) is 0. The minimum absolute atomic E-state index is 0. The molecule has 28 heavy (non-hydrogen) atoms. The molecule has 0 bridgehead atoms. The second-order valence-corrected chi connectivity index (χ2v) is 7.62. The minimum Gasteiger partial charge on any atom is -0.497 e. The summed E-state index contributed by atoms with van der Waals surface area (Å²) in [5.41, 5.74) is 3.15. The minimum atomic E-state index is -3.72. The molecule has 0 atom stereocenters. The summed E-state index contributed by atoms with van der Waals surface area (Å²) in [6.07, 6.45) is 7.22. The molecule has 3 rings (SSSR count). The van der Waals surface area contributed by atoms with Crippen molar-refractivity contribution in [1.82, 2.24) is 4.98 Å². The van der Waals surface area contributed by atoms with Crippen molar-refractivity contribution in [1.29, 1.82) is 0 Å². The smallest absolute Gasteiger partial charge is 0.261 e. The molecule has 0 aliphatic rings. The number of anilines is 1. The zero-order chi connectivity index (χ0) is 19.3. The number of pyridine rings is 1. The Kier molecular flexibility index (Phi) is 7.20. The highest BCUT2D eigenvalue weighted by Crippen LogP contribution is 2.26. The van der Waals surface area contributed by atoms with Crippen molar-refractivity contribution in [2.45, 2.75) is 11.8 Å². The third-order valence-corrected chi connectivity index (χ3v) is 5.44. The Morgan fingerprint density at radius 2 is 1.64 bits per heavy atom. The van der Waals surface area contributed by atoms with E-state index in [0.29, 0.717) is 11.4 Å². The number of hydrogen-bond acceptors (Lipinski definition) is 4. The van der Waals surface area contributed by atoms with Gasteiger partial charge in [-0.3, -0.25) is 9.71 Å². The first-order chi connectivity index (χ1) is 13.0. The molecule has 0 unspecified atom stereocenters. The highest BCUT2D eigenvalue weighted by atomic mass is 35.5. The van der Waals surface area contributed by atoms with Gasteiger partial charge in [-0.15, -0.1) is 12.4 Å². The van der Waals surface area contributed by atoms with Crippen LogP contribution in [0.5, 0.6) is 5.75 Å². The number of nitrogens with zero attached hydrogens (tertiary/aromatic N) is 1. The zero-order valence-electron chi connectivity index (χ0n) is 15.5. The first-order valence-electron chi connectivity index (χ1n) is 8.34. The third-order valence-electron chi connectivity index (χ3n) is 4.07. The number of nitrogens with one attached hydrogen (secondary N) is 1. The second-order valence-electron chi connectivity index (χ2n) is 5.93. The van der Waals surface area contributed by atoms with Crippen LogP contribution >= 0.6 is 12.4 Å². The van der Waals surface area contributed by atoms with Gasteiger partial charge in [0, 0.05) is 12.4 Å². The molecular formula is C21H21ClN2O3S. The van der Waals surface area contributed by atoms with E-state index in [0.717, 1.165) is 16.7 Å². The first kappa shape index (κ1) is 21.5. The summed E-state index contributed by atoms with van der Waals surface area (Å²) in [6.45, 7) is 1.87. The lowest BCUT2D eigenvalue weighted by Gasteiger charge is -2.14. The van der Waals surface area contributed by atoms with Gasteiger partial charge >= 0.3 is 0 Å². The monoisotopic (exact) mass is 416 g/mol. The Balaban J connectivity index is 0.00000280. The van der Waals surface area contributed by atoms with Gasteiger partial charge in [-0.05, 0) is 60.0 Å². The van der Waals surface area contributed by atoms with Crippen LogP contribution in [0.2, 0.25) is 0 Å². The molecule has 0 aliphatic heterocycles. The van der Waals surface area contributed by atoms with Crippen molar-refractivity contribution in [2.75, 3.05) is 11.8 Å². The van der Waals surface area contributed by atoms with E-state index >= 15 is 0 Å². The molecule has 146 valence electrons. The average molecular weight is 417 g/mol. The van der Waals surface area contributed by atoms with Crippen LogP contribution < -0.4 is 9.46 Å². The van der Waals surface area contributed by atoms with E-state index in [9.17, 15) is 8.42 Å². The van der Waals surface area contributed by atoms with E-state index in [1.165, 1.54) is 19.2 Å². The van der Waals surface area contributed by atoms with Crippen molar-refractivity contribution in [3.8, 4) is 5.75 Å². The lowest BCUT2D eigenvalue weighted by molar-refractivity contribution is 0.414. The van der Waals surface area contributed by atoms with Gasteiger partial charge in [0.05, 0.1) is 17.7 Å². The average Bonchev–Trinajstić information content (AvgIpc) is 2.69. The van der Waals surface area contributed by atoms with E-state index in [1.807, 2.05) is 49.4 Å². The molecule has 3 aromatic rings. The number of benzene rings is 2. The molecule has 0 saturated carbocycles. The number of methoxy groups -OCH3 is 1. The van der Waals surface area contributed by atoms with Gasteiger partial charge in [-0.2, -0.15) is 0 Å². The Labute approximate surface area is 171 Å². The summed E-state index contributed by atoms with van der Waals surface area (Å²) in [5.74, 6) is 0.603. The third kappa shape index (κ3) is 5.12. The number of rotatable bonds is 6. The molecule has 2 aromatic carbocycles. The zero-order valence-corrected chi connectivity index (χ0v) is 17.1. The normalized spacial score (nSPS) is 11.1. The highest BCUT2D eigenvalue weighted by molar-refractivity contribution is 7.92. The highest BCUT2D eigenvalue weighted by Gasteiger charge is 2.17. The van der Waals surface area contributed by atoms with Gasteiger partial charge in [0.1, 0.15) is 5.75 Å². The van der Waals surface area contributed by atoms with Gasteiger partial charge in [0.25, 0.3) is 10.0 Å². The van der Waals surface area contributed by atoms with Crippen LogP contribution in [0.1, 0.15) is 16.7 Å². The molecule has 0 radical (unpaired) electrons. The summed E-state index contributed by atoms with van der Waals surface area (Å²) in [6, 6.07) is 15.7. The van der Waals surface area contributed by atoms with Crippen LogP contribution in [0, 0.1) is 6.92 Å². The first-order valence-corrected chi connectivity index (χ1v) is 9.82. The summed E-state index contributed by atoms with van der Waals surface area (Å²) in [4.78, 5) is 4.17. The van der Waals surface area contributed by atoms with E-state index < -0.39 is 10.0 Å². The summed E-state index contributed by atoms with van der Waals surface area (Å²) in [7, 11) is -2.18. The Bertz CT molecular complexity index is 1050. The second kappa shape index (κ2) is 9.39. The largest absolute Gasteiger partial charge is 0.497 e. The van der Waals surface area contributed by atoms with Crippen LogP contribution in [0.4, 0.5) is 5.69 Å². The van der Waals surface area contributed by atoms with Crippen LogP contribution in [0.15, 0.2) is 71.9 Å². The predicted octanol–water partition coefficient (Wildman–Crippen LogP) is 4.79. The number of para-hydroxylation sites is 1. The van der Waals surface area contributed by atoms with E-state index in [-0.39, 0.29) is 17.3 Å². The van der Waals surface area contributed by atoms with E-state index in [2.05, 4.69) is 9.71 Å². The van der Waals surface area contributed by atoms with Crippen molar-refractivity contribution in [3.63, 3.8) is 0 Å². The lowest BCUT2D eigenvalue weighted by Crippen LogP contribution is -2.14. The van der Waals surface area contributed by atoms with Crippen LogP contribution in [-0.2, 0) is 10.0 Å². The molecule has 0 aliphatic carbocycles. The molecule has 0 amide bonds. The number of sulfonamides is 1. The van der Waals surface area contributed by atoms with Crippen molar-refractivity contribution >= 4 is 40.3 Å². The number of aromatic nitrogens is 1. The molecule has 1 heterocycles. The van der Waals surface area contributed by atoms with Crippen LogP contribution in [-0.4, -0.2) is 20.5 Å². The molecule has 7 heteroatoms. The summed E-state index contributed by atoms with van der Waals surface area (Å²) >= 11 is 0. The fraction of sp³-hybridized carbons (Fsp3) is 0.0952. The number of halogens is 1. The Hall–Kier alpha value is -2.83. The number of ether oxygens (including phenoxy) is 1. The maximum atomic E-state index is 12.8. The topological polar surface area (TPSA) is 68.3 Å². The molecule has 0 saturated heterocycles. The summed E-state index contributed by atoms with van der Waals surface area (Å²) < 4.78 is 33.4. The predicted molar refractivity (Wildman–Crippen MR) is 115 cm³/mol. The van der Waals surface area contributed by atoms with Crippen molar-refractivity contribution < 1.29 is 13.2 Å². The molecule has 1 aromatic heterocycles. The van der Waals surface area contributed by atoms with Gasteiger partial charge in [0.15, 0.2) is 0 Å². The van der Waals surface area contributed by atoms with Gasteiger partial charge in [0.2, 0.25) is 0 Å². The van der Waals surface area contributed by atoms with Gasteiger partial charge < -0.3 is 4.74 Å². The molecule has 0 spiro atoms. The standard InChI is InChI=1S/C21H20N2O3S.ClH/c1-16-4-3-5-18(7-6-17-12-14-22-15-13-17)21(16)23-27(24,25)20-10-8-19(26-2)9-11-20;/h3-15,23H,1-2H3;1H/b7-6+;. The number of hydrogen-bond donors (Lipinski definition) is 1. The van der Waals surface area contributed by atoms with Crippen LogP contribution in [0.3, 0.4) is 0 Å². The van der Waals surface area contributed by atoms with Gasteiger partial charge in [-0.25, -0.2) is 8.42 Å². The van der Waals surface area contributed by atoms with E-state index in [1.54, 1.807) is 24.5 Å².